The number of benzene rings is 1. The first-order valence-corrected chi connectivity index (χ1v) is 7.93. The Labute approximate surface area is 135 Å². The summed E-state index contributed by atoms with van der Waals surface area (Å²) in [5, 5.41) is 0.983. The number of nitrogens with zero attached hydrogens (tertiary/aromatic N) is 2. The molecule has 0 N–H and O–H groups in total. The second-order valence-electron chi connectivity index (χ2n) is 5.62. The second-order valence-corrected chi connectivity index (χ2v) is 5.62. The van der Waals surface area contributed by atoms with Crippen molar-refractivity contribution in [1.82, 2.24) is 9.88 Å². The van der Waals surface area contributed by atoms with Crippen LogP contribution in [-0.4, -0.2) is 22.3 Å². The van der Waals surface area contributed by atoms with E-state index in [4.69, 9.17) is 4.42 Å². The Morgan fingerprint density at radius 1 is 1.26 bits per heavy atom. The standard InChI is InChI=1S/C19H20N2O2/c1-2-3-10-21(13-15-8-11-23-14-15)19(22)17-6-7-18-16(12-17)5-4-9-20-18/h4-9,11-12,14H,2-3,10,13H2,1H3. The molecule has 0 fully saturated rings. The van der Waals surface area contributed by atoms with Gasteiger partial charge in [0.2, 0.25) is 0 Å². The van der Waals surface area contributed by atoms with E-state index in [2.05, 4.69) is 11.9 Å². The zero-order valence-corrected chi connectivity index (χ0v) is 13.2. The predicted octanol–water partition coefficient (Wildman–Crippen LogP) is 4.27. The van der Waals surface area contributed by atoms with Gasteiger partial charge in [-0.1, -0.05) is 19.4 Å². The highest BCUT2D eigenvalue weighted by Gasteiger charge is 2.16. The molecular formula is C19H20N2O2. The average molecular weight is 308 g/mol. The Kier molecular flexibility index (Phi) is 4.71. The summed E-state index contributed by atoms with van der Waals surface area (Å²) in [6, 6.07) is 11.4. The molecule has 0 aliphatic rings. The molecule has 4 nitrogen and oxygen atoms in total. The molecule has 3 rings (SSSR count). The highest BCUT2D eigenvalue weighted by atomic mass is 16.3. The van der Waals surface area contributed by atoms with Crippen molar-refractivity contribution >= 4 is 16.8 Å². The third-order valence-corrected chi connectivity index (χ3v) is 3.87. The quantitative estimate of drug-likeness (QED) is 0.683. The fraction of sp³-hybridized carbons (Fsp3) is 0.263. The molecular weight excluding hydrogens is 288 g/mol. The number of fused-ring (bicyclic) bond motifs is 1. The van der Waals surface area contributed by atoms with E-state index in [-0.39, 0.29) is 5.91 Å². The predicted molar refractivity (Wildman–Crippen MR) is 90.1 cm³/mol. The molecule has 0 spiro atoms. The first-order chi connectivity index (χ1) is 11.3. The van der Waals surface area contributed by atoms with Crippen molar-refractivity contribution in [3.8, 4) is 0 Å². The smallest absolute Gasteiger partial charge is 0.254 e. The van der Waals surface area contributed by atoms with Crippen LogP contribution in [0.3, 0.4) is 0 Å². The minimum atomic E-state index is 0.0467. The Bertz CT molecular complexity index is 781. The van der Waals surface area contributed by atoms with Crippen LogP contribution in [-0.2, 0) is 6.54 Å². The number of unbranched alkanes of at least 4 members (excludes halogenated alkanes) is 1. The molecule has 1 aromatic carbocycles. The van der Waals surface area contributed by atoms with E-state index in [9.17, 15) is 4.79 Å². The molecule has 0 aliphatic heterocycles. The summed E-state index contributed by atoms with van der Waals surface area (Å²) in [6.45, 7) is 3.44. The number of rotatable bonds is 6. The van der Waals surface area contributed by atoms with Crippen molar-refractivity contribution in [3.63, 3.8) is 0 Å². The van der Waals surface area contributed by atoms with Crippen LogP contribution in [0.4, 0.5) is 0 Å². The van der Waals surface area contributed by atoms with Gasteiger partial charge in [-0.3, -0.25) is 9.78 Å². The molecule has 0 bridgehead atoms. The van der Waals surface area contributed by atoms with Crippen LogP contribution in [0.15, 0.2) is 59.5 Å². The van der Waals surface area contributed by atoms with E-state index in [1.54, 1.807) is 18.7 Å². The summed E-state index contributed by atoms with van der Waals surface area (Å²) in [4.78, 5) is 19.1. The topological polar surface area (TPSA) is 46.3 Å². The molecule has 0 saturated carbocycles. The molecule has 0 unspecified atom stereocenters. The van der Waals surface area contributed by atoms with Crippen molar-refractivity contribution in [2.75, 3.05) is 6.54 Å². The number of pyridine rings is 1. The lowest BCUT2D eigenvalue weighted by atomic mass is 10.1. The van der Waals surface area contributed by atoms with Gasteiger partial charge in [-0.15, -0.1) is 0 Å². The summed E-state index contributed by atoms with van der Waals surface area (Å²) in [5.74, 6) is 0.0467. The highest BCUT2D eigenvalue weighted by Crippen LogP contribution is 2.17. The zero-order valence-electron chi connectivity index (χ0n) is 13.2. The van der Waals surface area contributed by atoms with Crippen molar-refractivity contribution in [3.05, 3.63) is 66.2 Å². The second kappa shape index (κ2) is 7.09. The molecule has 23 heavy (non-hydrogen) atoms. The van der Waals surface area contributed by atoms with Crippen LogP contribution < -0.4 is 0 Å². The SMILES string of the molecule is CCCCN(Cc1ccoc1)C(=O)c1ccc2ncccc2c1. The molecule has 3 aromatic rings. The van der Waals surface area contributed by atoms with Crippen LogP contribution in [0.1, 0.15) is 35.7 Å². The van der Waals surface area contributed by atoms with Gasteiger partial charge in [0, 0.05) is 35.8 Å². The maximum atomic E-state index is 12.9. The van der Waals surface area contributed by atoms with E-state index in [1.165, 1.54) is 0 Å². The highest BCUT2D eigenvalue weighted by molar-refractivity contribution is 5.97. The first-order valence-electron chi connectivity index (χ1n) is 7.93. The number of furan rings is 1. The number of carbonyl (C=O) groups excluding carboxylic acids is 1. The molecule has 1 amide bonds. The van der Waals surface area contributed by atoms with Crippen molar-refractivity contribution in [2.24, 2.45) is 0 Å². The minimum Gasteiger partial charge on any atom is -0.472 e. The van der Waals surface area contributed by atoms with Crippen LogP contribution in [0.25, 0.3) is 10.9 Å². The van der Waals surface area contributed by atoms with Crippen molar-refractivity contribution < 1.29 is 9.21 Å². The van der Waals surface area contributed by atoms with Gasteiger partial charge in [0.1, 0.15) is 0 Å². The summed E-state index contributed by atoms with van der Waals surface area (Å²) in [6.07, 6.45) is 7.13. The van der Waals surface area contributed by atoms with Gasteiger partial charge >= 0.3 is 0 Å². The monoisotopic (exact) mass is 308 g/mol. The lowest BCUT2D eigenvalue weighted by Crippen LogP contribution is -2.31. The lowest BCUT2D eigenvalue weighted by molar-refractivity contribution is 0.0741. The van der Waals surface area contributed by atoms with Crippen LogP contribution in [0.5, 0.6) is 0 Å². The van der Waals surface area contributed by atoms with Gasteiger partial charge in [0.05, 0.1) is 18.0 Å². The summed E-state index contributed by atoms with van der Waals surface area (Å²) < 4.78 is 5.12. The Hall–Kier alpha value is -2.62. The minimum absolute atomic E-state index is 0.0467. The number of amides is 1. The Balaban J connectivity index is 1.85. The third kappa shape index (κ3) is 3.59. The number of carbonyl (C=O) groups is 1. The van der Waals surface area contributed by atoms with Gasteiger partial charge in [-0.05, 0) is 36.8 Å². The van der Waals surface area contributed by atoms with Crippen LogP contribution >= 0.6 is 0 Å². The van der Waals surface area contributed by atoms with Gasteiger partial charge in [-0.2, -0.15) is 0 Å². The normalized spacial score (nSPS) is 10.8. The van der Waals surface area contributed by atoms with Gasteiger partial charge < -0.3 is 9.32 Å². The largest absolute Gasteiger partial charge is 0.472 e. The third-order valence-electron chi connectivity index (χ3n) is 3.87. The van der Waals surface area contributed by atoms with Crippen molar-refractivity contribution in [2.45, 2.75) is 26.3 Å². The van der Waals surface area contributed by atoms with E-state index in [0.29, 0.717) is 12.1 Å². The Morgan fingerprint density at radius 3 is 2.96 bits per heavy atom. The Morgan fingerprint density at radius 2 is 2.17 bits per heavy atom. The molecule has 0 atom stereocenters. The maximum Gasteiger partial charge on any atom is 0.254 e. The molecule has 118 valence electrons. The molecule has 0 saturated heterocycles. The van der Waals surface area contributed by atoms with Crippen LogP contribution in [0.2, 0.25) is 0 Å². The summed E-state index contributed by atoms with van der Waals surface area (Å²) >= 11 is 0. The van der Waals surface area contributed by atoms with E-state index in [1.807, 2.05) is 41.3 Å². The fourth-order valence-electron chi connectivity index (χ4n) is 2.60. The van der Waals surface area contributed by atoms with Crippen LogP contribution in [0, 0.1) is 0 Å². The fourth-order valence-corrected chi connectivity index (χ4v) is 2.60. The molecule has 2 aromatic heterocycles. The zero-order chi connectivity index (χ0) is 16.1. The summed E-state index contributed by atoms with van der Waals surface area (Å²) in [5.41, 5.74) is 2.61. The number of hydrogen-bond donors (Lipinski definition) is 0. The average Bonchev–Trinajstić information content (AvgIpc) is 3.10. The van der Waals surface area contributed by atoms with E-state index >= 15 is 0 Å². The van der Waals surface area contributed by atoms with Gasteiger partial charge in [-0.25, -0.2) is 0 Å². The van der Waals surface area contributed by atoms with Gasteiger partial charge in [0.25, 0.3) is 5.91 Å². The maximum absolute atomic E-state index is 12.9. The van der Waals surface area contributed by atoms with Crippen molar-refractivity contribution in [1.29, 1.82) is 0 Å². The first kappa shape index (κ1) is 15.3. The number of hydrogen-bond acceptors (Lipinski definition) is 3. The van der Waals surface area contributed by atoms with E-state index < -0.39 is 0 Å². The summed E-state index contributed by atoms with van der Waals surface area (Å²) in [7, 11) is 0. The molecule has 2 heterocycles. The van der Waals surface area contributed by atoms with Gasteiger partial charge in [0.15, 0.2) is 0 Å². The molecule has 0 radical (unpaired) electrons. The molecule has 0 aliphatic carbocycles. The molecule has 4 heteroatoms. The number of aromatic nitrogens is 1. The van der Waals surface area contributed by atoms with E-state index in [0.717, 1.165) is 35.9 Å². The lowest BCUT2D eigenvalue weighted by Gasteiger charge is -2.22.